The highest BCUT2D eigenvalue weighted by atomic mass is 16.2. The average molecular weight is 315 g/mol. The molecule has 3 rings (SSSR count). The molecule has 8 nitrogen and oxygen atoms in total. The Hall–Kier alpha value is -2.56. The number of likely N-dealkylation sites (tertiary alicyclic amines) is 2. The summed E-state index contributed by atoms with van der Waals surface area (Å²) in [5.74, 6) is 0.623. The standard InChI is InChI=1S/C15H21N7O/c16-9-11-10-18-14(20-13(11)17)19-12-3-7-22(8-4-12)15(23)21-5-1-2-6-21/h10,12H,1-8H2,(H3,17,18,19,20). The van der Waals surface area contributed by atoms with Crippen LogP contribution in [0.15, 0.2) is 6.20 Å². The van der Waals surface area contributed by atoms with Gasteiger partial charge in [0.05, 0.1) is 6.20 Å². The van der Waals surface area contributed by atoms with E-state index in [-0.39, 0.29) is 23.5 Å². The lowest BCUT2D eigenvalue weighted by atomic mass is 10.1. The molecule has 122 valence electrons. The fraction of sp³-hybridized carbons (Fsp3) is 0.600. The Morgan fingerprint density at radius 1 is 1.26 bits per heavy atom. The van der Waals surface area contributed by atoms with E-state index in [0.29, 0.717) is 5.95 Å². The van der Waals surface area contributed by atoms with Crippen LogP contribution < -0.4 is 11.1 Å². The number of carbonyl (C=O) groups excluding carboxylic acids is 1. The van der Waals surface area contributed by atoms with Crippen LogP contribution in [0.5, 0.6) is 0 Å². The Morgan fingerprint density at radius 2 is 1.91 bits per heavy atom. The zero-order chi connectivity index (χ0) is 16.2. The van der Waals surface area contributed by atoms with Crippen molar-refractivity contribution < 1.29 is 4.79 Å². The number of amides is 2. The maximum Gasteiger partial charge on any atom is 0.319 e. The minimum absolute atomic E-state index is 0.166. The van der Waals surface area contributed by atoms with E-state index in [4.69, 9.17) is 11.0 Å². The highest BCUT2D eigenvalue weighted by Crippen LogP contribution is 2.18. The van der Waals surface area contributed by atoms with E-state index in [0.717, 1.165) is 51.9 Å². The number of piperidine rings is 1. The minimum Gasteiger partial charge on any atom is -0.382 e. The topological polar surface area (TPSA) is 111 Å². The molecule has 0 unspecified atom stereocenters. The number of carbonyl (C=O) groups is 1. The van der Waals surface area contributed by atoms with Gasteiger partial charge in [0, 0.05) is 32.2 Å². The minimum atomic E-state index is 0.166. The first-order valence-corrected chi connectivity index (χ1v) is 8.00. The van der Waals surface area contributed by atoms with Crippen molar-refractivity contribution in [3.8, 4) is 6.07 Å². The van der Waals surface area contributed by atoms with E-state index in [1.54, 1.807) is 0 Å². The van der Waals surface area contributed by atoms with Crippen LogP contribution in [0.2, 0.25) is 0 Å². The second-order valence-electron chi connectivity index (χ2n) is 5.99. The molecule has 0 spiro atoms. The van der Waals surface area contributed by atoms with E-state index in [9.17, 15) is 4.79 Å². The van der Waals surface area contributed by atoms with Gasteiger partial charge in [0.2, 0.25) is 5.95 Å². The third-order valence-electron chi connectivity index (χ3n) is 4.41. The largest absolute Gasteiger partial charge is 0.382 e. The van der Waals surface area contributed by atoms with Crippen molar-refractivity contribution in [3.05, 3.63) is 11.8 Å². The molecule has 2 aliphatic rings. The van der Waals surface area contributed by atoms with Gasteiger partial charge in [0.15, 0.2) is 0 Å². The summed E-state index contributed by atoms with van der Waals surface area (Å²) in [5.41, 5.74) is 5.98. The van der Waals surface area contributed by atoms with Gasteiger partial charge < -0.3 is 20.9 Å². The van der Waals surface area contributed by atoms with Crippen molar-refractivity contribution in [1.29, 1.82) is 5.26 Å². The molecule has 0 saturated carbocycles. The molecule has 2 fully saturated rings. The maximum atomic E-state index is 12.3. The molecule has 2 amide bonds. The van der Waals surface area contributed by atoms with Crippen LogP contribution in [0.25, 0.3) is 0 Å². The number of hydrogen-bond acceptors (Lipinski definition) is 6. The number of nitrogens with one attached hydrogen (secondary N) is 1. The molecule has 1 aromatic rings. The quantitative estimate of drug-likeness (QED) is 0.843. The number of hydrogen-bond donors (Lipinski definition) is 2. The fourth-order valence-corrected chi connectivity index (χ4v) is 3.06. The Bertz CT molecular complexity index is 613. The van der Waals surface area contributed by atoms with Crippen LogP contribution >= 0.6 is 0 Å². The van der Waals surface area contributed by atoms with Gasteiger partial charge in [-0.15, -0.1) is 0 Å². The first kappa shape index (κ1) is 15.3. The van der Waals surface area contributed by atoms with Crippen molar-refractivity contribution in [1.82, 2.24) is 19.8 Å². The highest BCUT2D eigenvalue weighted by Gasteiger charge is 2.27. The van der Waals surface area contributed by atoms with E-state index in [2.05, 4.69) is 15.3 Å². The van der Waals surface area contributed by atoms with Gasteiger partial charge in [0.25, 0.3) is 0 Å². The molecule has 0 radical (unpaired) electrons. The lowest BCUT2D eigenvalue weighted by Crippen LogP contribution is -2.47. The second kappa shape index (κ2) is 6.69. The van der Waals surface area contributed by atoms with Gasteiger partial charge in [-0.2, -0.15) is 10.2 Å². The van der Waals surface area contributed by atoms with Gasteiger partial charge in [0.1, 0.15) is 17.5 Å². The summed E-state index contributed by atoms with van der Waals surface area (Å²) < 4.78 is 0. The summed E-state index contributed by atoms with van der Waals surface area (Å²) in [6, 6.07) is 2.32. The van der Waals surface area contributed by atoms with Crippen molar-refractivity contribution in [2.45, 2.75) is 31.7 Å². The van der Waals surface area contributed by atoms with Gasteiger partial charge in [-0.1, -0.05) is 0 Å². The van der Waals surface area contributed by atoms with Crippen LogP contribution in [0.3, 0.4) is 0 Å². The predicted molar refractivity (Wildman–Crippen MR) is 85.6 cm³/mol. The Morgan fingerprint density at radius 3 is 2.52 bits per heavy atom. The summed E-state index contributed by atoms with van der Waals surface area (Å²) in [7, 11) is 0. The van der Waals surface area contributed by atoms with Crippen LogP contribution in [0.1, 0.15) is 31.2 Å². The summed E-state index contributed by atoms with van der Waals surface area (Å²) in [6.45, 7) is 3.24. The summed E-state index contributed by atoms with van der Waals surface area (Å²) in [4.78, 5) is 24.4. The van der Waals surface area contributed by atoms with Crippen molar-refractivity contribution in [2.24, 2.45) is 0 Å². The molecular weight excluding hydrogens is 294 g/mol. The predicted octanol–water partition coefficient (Wildman–Crippen LogP) is 1.02. The molecule has 2 saturated heterocycles. The van der Waals surface area contributed by atoms with Gasteiger partial charge in [-0.3, -0.25) is 0 Å². The van der Waals surface area contributed by atoms with E-state index < -0.39 is 0 Å². The van der Waals surface area contributed by atoms with E-state index in [1.165, 1.54) is 6.20 Å². The second-order valence-corrected chi connectivity index (χ2v) is 5.99. The first-order chi connectivity index (χ1) is 11.2. The molecule has 0 aromatic carbocycles. The van der Waals surface area contributed by atoms with Crippen LogP contribution in [0.4, 0.5) is 16.6 Å². The number of urea groups is 1. The number of rotatable bonds is 2. The molecule has 3 heterocycles. The zero-order valence-electron chi connectivity index (χ0n) is 13.0. The zero-order valence-corrected chi connectivity index (χ0v) is 13.0. The molecule has 1 aromatic heterocycles. The molecule has 0 atom stereocenters. The number of nitrogen functional groups attached to an aromatic ring is 1. The molecule has 23 heavy (non-hydrogen) atoms. The Balaban J connectivity index is 1.52. The normalized spacial score (nSPS) is 18.7. The average Bonchev–Trinajstić information content (AvgIpc) is 3.09. The summed E-state index contributed by atoms with van der Waals surface area (Å²) in [6.07, 6.45) is 5.35. The number of nitrogens with zero attached hydrogens (tertiary/aromatic N) is 5. The maximum absolute atomic E-state index is 12.3. The monoisotopic (exact) mass is 315 g/mol. The van der Waals surface area contributed by atoms with Crippen molar-refractivity contribution in [2.75, 3.05) is 37.2 Å². The Labute approximate surface area is 135 Å². The third-order valence-corrected chi connectivity index (χ3v) is 4.41. The number of nitrogens with two attached hydrogens (primary N) is 1. The SMILES string of the molecule is N#Cc1cnc(NC2CCN(C(=O)N3CCCC3)CC2)nc1N. The lowest BCUT2D eigenvalue weighted by Gasteiger charge is -2.34. The highest BCUT2D eigenvalue weighted by molar-refractivity contribution is 5.74. The lowest BCUT2D eigenvalue weighted by molar-refractivity contribution is 0.150. The van der Waals surface area contributed by atoms with Gasteiger partial charge >= 0.3 is 6.03 Å². The van der Waals surface area contributed by atoms with E-state index in [1.807, 2.05) is 15.9 Å². The van der Waals surface area contributed by atoms with Crippen LogP contribution in [-0.2, 0) is 0 Å². The van der Waals surface area contributed by atoms with Crippen molar-refractivity contribution >= 4 is 17.8 Å². The molecule has 8 heteroatoms. The van der Waals surface area contributed by atoms with E-state index >= 15 is 0 Å². The number of aromatic nitrogens is 2. The molecule has 0 aliphatic carbocycles. The van der Waals surface area contributed by atoms with Crippen LogP contribution in [0, 0.1) is 11.3 Å². The van der Waals surface area contributed by atoms with Crippen LogP contribution in [-0.4, -0.2) is 58.0 Å². The molecule has 0 bridgehead atoms. The van der Waals surface area contributed by atoms with Crippen molar-refractivity contribution in [3.63, 3.8) is 0 Å². The third kappa shape index (κ3) is 3.44. The molecular formula is C15H21N7O. The summed E-state index contributed by atoms with van der Waals surface area (Å²) in [5, 5.41) is 12.1. The first-order valence-electron chi connectivity index (χ1n) is 8.00. The van der Waals surface area contributed by atoms with Gasteiger partial charge in [-0.05, 0) is 25.7 Å². The fourth-order valence-electron chi connectivity index (χ4n) is 3.06. The molecule has 2 aliphatic heterocycles. The Kier molecular flexibility index (Phi) is 4.46. The smallest absolute Gasteiger partial charge is 0.319 e. The number of anilines is 2. The summed E-state index contributed by atoms with van der Waals surface area (Å²) >= 11 is 0. The van der Waals surface area contributed by atoms with Gasteiger partial charge in [-0.25, -0.2) is 9.78 Å². The number of nitriles is 1. The molecule has 3 N–H and O–H groups in total.